The predicted molar refractivity (Wildman–Crippen MR) is 69.9 cm³/mol. The molecule has 0 saturated heterocycles. The van der Waals surface area contributed by atoms with Gasteiger partial charge in [0.25, 0.3) is 0 Å². The molecular formula is C14H8F3N3O2. The van der Waals surface area contributed by atoms with Gasteiger partial charge in [0.1, 0.15) is 29.1 Å². The lowest BCUT2D eigenvalue weighted by Crippen LogP contribution is -2.10. The first-order chi connectivity index (χ1) is 10.5. The summed E-state index contributed by atoms with van der Waals surface area (Å²) in [5, 5.41) is 11.2. The monoisotopic (exact) mass is 307 g/mol. The number of carbonyl (C=O) groups excluding carboxylic acids is 1. The van der Waals surface area contributed by atoms with E-state index in [-0.39, 0.29) is 17.1 Å². The number of hydrogen-bond donors (Lipinski definition) is 1. The molecular weight excluding hydrogens is 299 g/mol. The zero-order valence-electron chi connectivity index (χ0n) is 11.2. The SMILES string of the molecule is COC(=O)c1cc(F)c(C#N)nc1Nc1ccc(F)cc1F. The van der Waals surface area contributed by atoms with Crippen molar-refractivity contribution < 1.29 is 22.7 Å². The van der Waals surface area contributed by atoms with Gasteiger partial charge in [-0.25, -0.2) is 22.9 Å². The van der Waals surface area contributed by atoms with Crippen molar-refractivity contribution in [2.24, 2.45) is 0 Å². The third-order valence-electron chi connectivity index (χ3n) is 2.67. The molecule has 0 fully saturated rings. The third kappa shape index (κ3) is 2.98. The molecule has 5 nitrogen and oxygen atoms in total. The number of nitrogens with zero attached hydrogens (tertiary/aromatic N) is 2. The summed E-state index contributed by atoms with van der Waals surface area (Å²) in [5.74, 6) is -3.97. The van der Waals surface area contributed by atoms with Gasteiger partial charge < -0.3 is 10.1 Å². The topological polar surface area (TPSA) is 75.0 Å². The second-order valence-electron chi connectivity index (χ2n) is 4.07. The summed E-state index contributed by atoms with van der Waals surface area (Å²) in [6.45, 7) is 0. The number of halogens is 3. The number of nitriles is 1. The normalized spacial score (nSPS) is 9.95. The molecule has 0 aliphatic carbocycles. The average molecular weight is 307 g/mol. The number of benzene rings is 1. The van der Waals surface area contributed by atoms with Gasteiger partial charge in [-0.2, -0.15) is 5.26 Å². The van der Waals surface area contributed by atoms with E-state index in [2.05, 4.69) is 15.0 Å². The van der Waals surface area contributed by atoms with E-state index in [0.29, 0.717) is 6.07 Å². The van der Waals surface area contributed by atoms with Crippen molar-refractivity contribution in [3.05, 3.63) is 53.0 Å². The molecule has 0 aliphatic heterocycles. The highest BCUT2D eigenvalue weighted by Crippen LogP contribution is 2.24. The van der Waals surface area contributed by atoms with E-state index in [4.69, 9.17) is 5.26 Å². The summed E-state index contributed by atoms with van der Waals surface area (Å²) < 4.78 is 44.5. The molecule has 112 valence electrons. The van der Waals surface area contributed by atoms with Crippen molar-refractivity contribution in [1.82, 2.24) is 4.98 Å². The van der Waals surface area contributed by atoms with Crippen molar-refractivity contribution in [1.29, 1.82) is 5.26 Å². The molecule has 8 heteroatoms. The summed E-state index contributed by atoms with van der Waals surface area (Å²) in [7, 11) is 1.07. The lowest BCUT2D eigenvalue weighted by Gasteiger charge is -2.11. The second kappa shape index (κ2) is 6.13. The van der Waals surface area contributed by atoms with Crippen LogP contribution in [0.5, 0.6) is 0 Å². The van der Waals surface area contributed by atoms with E-state index >= 15 is 0 Å². The number of esters is 1. The zero-order chi connectivity index (χ0) is 16.3. The second-order valence-corrected chi connectivity index (χ2v) is 4.07. The highest BCUT2D eigenvalue weighted by Gasteiger charge is 2.19. The summed E-state index contributed by atoms with van der Waals surface area (Å²) in [6.07, 6.45) is 0. The smallest absolute Gasteiger partial charge is 0.341 e. The Labute approximate surface area is 123 Å². The van der Waals surface area contributed by atoms with Gasteiger partial charge in [0.2, 0.25) is 0 Å². The van der Waals surface area contributed by atoms with Crippen LogP contribution in [-0.2, 0) is 4.74 Å². The average Bonchev–Trinajstić information content (AvgIpc) is 2.50. The number of carbonyl (C=O) groups is 1. The van der Waals surface area contributed by atoms with Crippen LogP contribution in [0.4, 0.5) is 24.7 Å². The molecule has 0 radical (unpaired) electrons. The summed E-state index contributed by atoms with van der Waals surface area (Å²) in [6, 6.07) is 4.92. The molecule has 0 saturated carbocycles. The number of pyridine rings is 1. The number of ether oxygens (including phenoxy) is 1. The van der Waals surface area contributed by atoms with Gasteiger partial charge in [-0.05, 0) is 18.2 Å². The summed E-state index contributed by atoms with van der Waals surface area (Å²) in [5.41, 5.74) is -1.12. The quantitative estimate of drug-likeness (QED) is 0.882. The largest absolute Gasteiger partial charge is 0.465 e. The summed E-state index contributed by atoms with van der Waals surface area (Å²) >= 11 is 0. The van der Waals surface area contributed by atoms with Gasteiger partial charge in [-0.15, -0.1) is 0 Å². The van der Waals surface area contributed by atoms with Gasteiger partial charge in [-0.1, -0.05) is 0 Å². The molecule has 0 bridgehead atoms. The van der Waals surface area contributed by atoms with Gasteiger partial charge in [0.05, 0.1) is 12.8 Å². The van der Waals surface area contributed by atoms with E-state index in [1.807, 2.05) is 0 Å². The van der Waals surface area contributed by atoms with Gasteiger partial charge in [0.15, 0.2) is 11.5 Å². The van der Waals surface area contributed by atoms with Crippen LogP contribution in [0.15, 0.2) is 24.3 Å². The number of aromatic nitrogens is 1. The van der Waals surface area contributed by atoms with E-state index in [1.165, 1.54) is 6.07 Å². The zero-order valence-corrected chi connectivity index (χ0v) is 11.2. The lowest BCUT2D eigenvalue weighted by atomic mass is 10.2. The first kappa shape index (κ1) is 15.3. The molecule has 2 aromatic rings. The molecule has 0 aliphatic rings. The Morgan fingerprint density at radius 1 is 1.27 bits per heavy atom. The Kier molecular flexibility index (Phi) is 4.27. The van der Waals surface area contributed by atoms with Gasteiger partial charge >= 0.3 is 5.97 Å². The number of hydrogen-bond acceptors (Lipinski definition) is 5. The van der Waals surface area contributed by atoms with Crippen molar-refractivity contribution in [2.45, 2.75) is 0 Å². The standard InChI is InChI=1S/C14H8F3N3O2/c1-22-14(21)8-5-10(17)12(6-18)20-13(8)19-11-3-2-7(15)4-9(11)16/h2-5H,1H3,(H,19,20). The number of nitrogens with one attached hydrogen (secondary N) is 1. The van der Waals surface area contributed by atoms with E-state index in [1.54, 1.807) is 0 Å². The molecule has 0 unspecified atom stereocenters. The van der Waals surface area contributed by atoms with Crippen LogP contribution >= 0.6 is 0 Å². The van der Waals surface area contributed by atoms with Crippen LogP contribution < -0.4 is 5.32 Å². The van der Waals surface area contributed by atoms with E-state index < -0.39 is 29.1 Å². The maximum atomic E-state index is 13.6. The highest BCUT2D eigenvalue weighted by atomic mass is 19.1. The minimum atomic E-state index is -1.02. The molecule has 1 aromatic heterocycles. The highest BCUT2D eigenvalue weighted by molar-refractivity contribution is 5.95. The van der Waals surface area contributed by atoms with Crippen LogP contribution in [0.3, 0.4) is 0 Å². The van der Waals surface area contributed by atoms with Crippen molar-refractivity contribution in [3.63, 3.8) is 0 Å². The maximum Gasteiger partial charge on any atom is 0.341 e. The molecule has 0 atom stereocenters. The van der Waals surface area contributed by atoms with Crippen LogP contribution in [-0.4, -0.2) is 18.1 Å². The Balaban J connectivity index is 2.53. The van der Waals surface area contributed by atoms with E-state index in [0.717, 1.165) is 25.3 Å². The Hall–Kier alpha value is -3.08. The fourth-order valence-corrected chi connectivity index (χ4v) is 1.65. The molecule has 1 N–H and O–H groups in total. The van der Waals surface area contributed by atoms with Crippen LogP contribution in [0.25, 0.3) is 0 Å². The molecule has 22 heavy (non-hydrogen) atoms. The minimum absolute atomic E-state index is 0.199. The molecule has 0 amide bonds. The number of methoxy groups -OCH3 is 1. The van der Waals surface area contributed by atoms with Crippen molar-refractivity contribution in [2.75, 3.05) is 12.4 Å². The first-order valence-electron chi connectivity index (χ1n) is 5.87. The Morgan fingerprint density at radius 2 is 2.00 bits per heavy atom. The van der Waals surface area contributed by atoms with Gasteiger partial charge in [0, 0.05) is 6.07 Å². The number of rotatable bonds is 3. The Morgan fingerprint density at radius 3 is 2.59 bits per heavy atom. The molecule has 0 spiro atoms. The van der Waals surface area contributed by atoms with Crippen LogP contribution in [0.1, 0.15) is 16.1 Å². The maximum absolute atomic E-state index is 13.6. The van der Waals surface area contributed by atoms with Crippen molar-refractivity contribution >= 4 is 17.5 Å². The Bertz CT molecular complexity index is 788. The fraction of sp³-hybridized carbons (Fsp3) is 0.0714. The minimum Gasteiger partial charge on any atom is -0.465 e. The summed E-state index contributed by atoms with van der Waals surface area (Å²) in [4.78, 5) is 15.2. The number of anilines is 2. The molecule has 1 heterocycles. The molecule has 1 aromatic carbocycles. The molecule has 2 rings (SSSR count). The van der Waals surface area contributed by atoms with E-state index in [9.17, 15) is 18.0 Å². The predicted octanol–water partition coefficient (Wildman–Crippen LogP) is 2.90. The lowest BCUT2D eigenvalue weighted by molar-refractivity contribution is 0.0601. The van der Waals surface area contributed by atoms with Gasteiger partial charge in [-0.3, -0.25) is 0 Å². The first-order valence-corrected chi connectivity index (χ1v) is 5.87. The van der Waals surface area contributed by atoms with Crippen LogP contribution in [0, 0.1) is 28.8 Å². The van der Waals surface area contributed by atoms with Crippen LogP contribution in [0.2, 0.25) is 0 Å². The fourth-order valence-electron chi connectivity index (χ4n) is 1.65. The third-order valence-corrected chi connectivity index (χ3v) is 2.67. The van der Waals surface area contributed by atoms with Crippen molar-refractivity contribution in [3.8, 4) is 6.07 Å².